The third-order valence-electron chi connectivity index (χ3n) is 5.50. The highest BCUT2D eigenvalue weighted by molar-refractivity contribution is 5.92. The average Bonchev–Trinajstić information content (AvgIpc) is 3.22. The van der Waals surface area contributed by atoms with E-state index in [1.807, 2.05) is 43.1 Å². The number of nitrogens with one attached hydrogen (secondary N) is 1. The van der Waals surface area contributed by atoms with Crippen LogP contribution >= 0.6 is 0 Å². The Morgan fingerprint density at radius 1 is 1.10 bits per heavy atom. The van der Waals surface area contributed by atoms with Gasteiger partial charge in [0.25, 0.3) is 5.91 Å². The maximum Gasteiger partial charge on any atom is 0.269 e. The molecule has 154 valence electrons. The van der Waals surface area contributed by atoms with Crippen molar-refractivity contribution in [1.29, 1.82) is 0 Å². The predicted molar refractivity (Wildman–Crippen MR) is 112 cm³/mol. The molecule has 7 heteroatoms. The molecule has 0 saturated carbocycles. The van der Waals surface area contributed by atoms with Gasteiger partial charge < -0.3 is 10.2 Å². The van der Waals surface area contributed by atoms with Gasteiger partial charge >= 0.3 is 0 Å². The molecule has 2 aromatic heterocycles. The quantitative estimate of drug-likeness (QED) is 0.779. The van der Waals surface area contributed by atoms with Crippen LogP contribution in [0.1, 0.15) is 48.9 Å². The van der Waals surface area contributed by atoms with Crippen molar-refractivity contribution in [3.8, 4) is 11.1 Å². The first-order valence-corrected chi connectivity index (χ1v) is 10.2. The third-order valence-corrected chi connectivity index (χ3v) is 5.50. The van der Waals surface area contributed by atoms with Crippen LogP contribution < -0.4 is 5.32 Å². The number of carbonyl (C=O) groups excluding carboxylic acids is 2. The second-order valence-corrected chi connectivity index (χ2v) is 7.18. The van der Waals surface area contributed by atoms with Gasteiger partial charge in [-0.25, -0.2) is 0 Å². The Labute approximate surface area is 172 Å². The van der Waals surface area contributed by atoms with Crippen molar-refractivity contribution in [2.24, 2.45) is 0 Å². The largest absolute Gasteiger partial charge is 0.354 e. The Morgan fingerprint density at radius 3 is 2.34 bits per heavy atom. The smallest absolute Gasteiger partial charge is 0.269 e. The van der Waals surface area contributed by atoms with E-state index in [0.717, 1.165) is 49.3 Å². The molecule has 1 saturated heterocycles. The normalized spacial score (nSPS) is 16.6. The van der Waals surface area contributed by atoms with Gasteiger partial charge in [-0.2, -0.15) is 0 Å². The first-order chi connectivity index (χ1) is 14.1. The number of hydrogen-bond donors (Lipinski definition) is 1. The molecular formula is C22H29N5O2. The highest BCUT2D eigenvalue weighted by Crippen LogP contribution is 2.31. The van der Waals surface area contributed by atoms with E-state index in [9.17, 15) is 9.59 Å². The fourth-order valence-electron chi connectivity index (χ4n) is 3.80. The molecule has 0 aliphatic carbocycles. The molecule has 1 N–H and O–H groups in total. The number of aromatic nitrogens is 2. The van der Waals surface area contributed by atoms with E-state index < -0.39 is 0 Å². The summed E-state index contributed by atoms with van der Waals surface area (Å²) in [5.74, 6) is -0.0218. The van der Waals surface area contributed by atoms with Crippen LogP contribution in [0.15, 0.2) is 36.7 Å². The summed E-state index contributed by atoms with van der Waals surface area (Å²) < 4.78 is 0. The van der Waals surface area contributed by atoms with Crippen molar-refractivity contribution < 1.29 is 9.59 Å². The third kappa shape index (κ3) is 4.79. The van der Waals surface area contributed by atoms with Gasteiger partial charge in [0.2, 0.25) is 5.91 Å². The number of nitrogens with zero attached hydrogens (tertiary/aromatic N) is 4. The fourth-order valence-corrected chi connectivity index (χ4v) is 3.80. The second-order valence-electron chi connectivity index (χ2n) is 7.18. The minimum absolute atomic E-state index is 0.178. The van der Waals surface area contributed by atoms with Gasteiger partial charge in [0.15, 0.2) is 0 Å². The van der Waals surface area contributed by atoms with Crippen LogP contribution in [-0.4, -0.2) is 64.8 Å². The number of pyridine rings is 2. The minimum Gasteiger partial charge on any atom is -0.354 e. The molecule has 0 unspecified atom stereocenters. The van der Waals surface area contributed by atoms with Gasteiger partial charge in [-0.3, -0.25) is 24.5 Å². The topological polar surface area (TPSA) is 78.4 Å². The predicted octanol–water partition coefficient (Wildman–Crippen LogP) is 2.51. The van der Waals surface area contributed by atoms with E-state index >= 15 is 0 Å². The highest BCUT2D eigenvalue weighted by atomic mass is 16.2. The molecule has 2 aromatic rings. The number of amides is 2. The van der Waals surface area contributed by atoms with Gasteiger partial charge in [-0.05, 0) is 45.4 Å². The molecule has 29 heavy (non-hydrogen) atoms. The molecule has 0 aromatic carbocycles. The molecular weight excluding hydrogens is 366 g/mol. The van der Waals surface area contributed by atoms with E-state index in [1.165, 1.54) is 0 Å². The molecule has 1 fully saturated rings. The van der Waals surface area contributed by atoms with Crippen molar-refractivity contribution in [1.82, 2.24) is 25.1 Å². The number of rotatable bonds is 7. The van der Waals surface area contributed by atoms with Crippen LogP contribution in [-0.2, 0) is 4.79 Å². The van der Waals surface area contributed by atoms with E-state index in [-0.39, 0.29) is 17.9 Å². The lowest BCUT2D eigenvalue weighted by molar-refractivity contribution is -0.132. The number of hydrogen-bond acceptors (Lipinski definition) is 5. The summed E-state index contributed by atoms with van der Waals surface area (Å²) in [6.45, 7) is 6.88. The monoisotopic (exact) mass is 395 g/mol. The maximum absolute atomic E-state index is 12.5. The van der Waals surface area contributed by atoms with Gasteiger partial charge in [0.05, 0.1) is 18.3 Å². The van der Waals surface area contributed by atoms with Gasteiger partial charge in [-0.1, -0.05) is 12.1 Å². The Bertz CT molecular complexity index is 831. The first kappa shape index (κ1) is 20.9. The zero-order valence-electron chi connectivity index (χ0n) is 17.4. The first-order valence-electron chi connectivity index (χ1n) is 10.2. The molecule has 3 heterocycles. The SMILES string of the molecule is CCN(CC)C(=O)CN1CCC[C@H]1c1ccc(-c2ccc(C(=O)NC)nc2)cn1. The summed E-state index contributed by atoms with van der Waals surface area (Å²) in [4.78, 5) is 37.1. The lowest BCUT2D eigenvalue weighted by atomic mass is 10.1. The Hall–Kier alpha value is -2.80. The van der Waals surface area contributed by atoms with Crippen molar-refractivity contribution in [3.05, 3.63) is 48.0 Å². The fraction of sp³-hybridized carbons (Fsp3) is 0.455. The highest BCUT2D eigenvalue weighted by Gasteiger charge is 2.29. The molecule has 0 spiro atoms. The van der Waals surface area contributed by atoms with Crippen molar-refractivity contribution in [3.63, 3.8) is 0 Å². The molecule has 2 amide bonds. The molecule has 0 bridgehead atoms. The number of carbonyl (C=O) groups is 2. The summed E-state index contributed by atoms with van der Waals surface area (Å²) in [6.07, 6.45) is 5.62. The van der Waals surface area contributed by atoms with Crippen LogP contribution in [0.2, 0.25) is 0 Å². The summed E-state index contributed by atoms with van der Waals surface area (Å²) in [6, 6.07) is 7.82. The zero-order chi connectivity index (χ0) is 20.8. The van der Waals surface area contributed by atoms with Crippen LogP contribution in [0.4, 0.5) is 0 Å². The average molecular weight is 396 g/mol. The lowest BCUT2D eigenvalue weighted by Gasteiger charge is -2.27. The standard InChI is InChI=1S/C22H29N5O2/c1-4-26(5-2)21(28)15-27-12-6-7-20(27)18-10-8-16(13-24-18)17-9-11-19(25-14-17)22(29)23-3/h8-11,13-14,20H,4-7,12,15H2,1-3H3,(H,23,29)/t20-/m0/s1. The molecule has 3 rings (SSSR count). The summed E-state index contributed by atoms with van der Waals surface area (Å²) in [7, 11) is 1.59. The lowest BCUT2D eigenvalue weighted by Crippen LogP contribution is -2.40. The van der Waals surface area contributed by atoms with Crippen molar-refractivity contribution in [2.45, 2.75) is 32.7 Å². The Kier molecular flexibility index (Phi) is 6.93. The van der Waals surface area contributed by atoms with Crippen LogP contribution in [0.3, 0.4) is 0 Å². The summed E-state index contributed by atoms with van der Waals surface area (Å²) in [5, 5.41) is 2.57. The van der Waals surface area contributed by atoms with E-state index in [4.69, 9.17) is 0 Å². The Balaban J connectivity index is 1.70. The number of likely N-dealkylation sites (N-methyl/N-ethyl adjacent to an activating group) is 1. The second kappa shape index (κ2) is 9.60. The van der Waals surface area contributed by atoms with E-state index in [1.54, 1.807) is 19.3 Å². The van der Waals surface area contributed by atoms with Gasteiger partial charge in [0.1, 0.15) is 5.69 Å². The van der Waals surface area contributed by atoms with E-state index in [2.05, 4.69) is 20.2 Å². The molecule has 0 radical (unpaired) electrons. The molecule has 1 aliphatic rings. The summed E-state index contributed by atoms with van der Waals surface area (Å²) in [5.41, 5.74) is 3.25. The van der Waals surface area contributed by atoms with Gasteiger partial charge in [0, 0.05) is 43.7 Å². The van der Waals surface area contributed by atoms with Crippen molar-refractivity contribution in [2.75, 3.05) is 33.2 Å². The minimum atomic E-state index is -0.203. The summed E-state index contributed by atoms with van der Waals surface area (Å²) >= 11 is 0. The zero-order valence-corrected chi connectivity index (χ0v) is 17.4. The maximum atomic E-state index is 12.5. The van der Waals surface area contributed by atoms with Crippen LogP contribution in [0, 0.1) is 0 Å². The van der Waals surface area contributed by atoms with E-state index in [0.29, 0.717) is 12.2 Å². The molecule has 1 atom stereocenters. The molecule has 1 aliphatic heterocycles. The van der Waals surface area contributed by atoms with Crippen LogP contribution in [0.25, 0.3) is 11.1 Å². The Morgan fingerprint density at radius 2 is 1.79 bits per heavy atom. The van der Waals surface area contributed by atoms with Gasteiger partial charge in [-0.15, -0.1) is 0 Å². The molecule has 7 nitrogen and oxygen atoms in total. The number of likely N-dealkylation sites (tertiary alicyclic amines) is 1. The van der Waals surface area contributed by atoms with Crippen molar-refractivity contribution >= 4 is 11.8 Å². The van der Waals surface area contributed by atoms with Crippen LogP contribution in [0.5, 0.6) is 0 Å².